The minimum atomic E-state index is -0.0475. The number of anilines is 2. The number of furan rings is 2. The topological polar surface area (TPSA) is 66.9 Å². The van der Waals surface area contributed by atoms with Gasteiger partial charge in [0.2, 0.25) is 0 Å². The van der Waals surface area contributed by atoms with Crippen LogP contribution in [0.2, 0.25) is 0 Å². The number of fused-ring (bicyclic) bond motifs is 2. The highest BCUT2D eigenvalue weighted by atomic mass is 79.9. The number of unbranched alkanes of at least 4 members (excludes halogenated alkanes) is 27. The van der Waals surface area contributed by atoms with Gasteiger partial charge in [-0.1, -0.05) is 231 Å². The number of nitrogens with zero attached hydrogens (tertiary/aromatic N) is 2. The third-order valence-electron chi connectivity index (χ3n) is 15.5. The third-order valence-corrected chi connectivity index (χ3v) is 16.3. The minimum absolute atomic E-state index is 0.0272. The molecule has 0 bridgehead atoms. The maximum Gasteiger partial charge on any atom is 0.263 e. The van der Waals surface area contributed by atoms with Gasteiger partial charge in [0.25, 0.3) is 11.8 Å². The Morgan fingerprint density at radius 1 is 0.486 bits per heavy atom. The number of allylic oxidation sites excluding steroid dienone is 5. The number of hydrogen-bond acceptors (Lipinski definition) is 4. The second-order valence-corrected chi connectivity index (χ2v) is 23.3. The van der Waals surface area contributed by atoms with Gasteiger partial charge in [0.05, 0.1) is 22.5 Å². The molecular formula is C66H98Br2N2O4. The molecular weight excluding hydrogens is 1040 g/mol. The predicted octanol–water partition coefficient (Wildman–Crippen LogP) is 19.9. The highest BCUT2D eigenvalue weighted by Gasteiger charge is 2.38. The van der Waals surface area contributed by atoms with E-state index < -0.39 is 0 Å². The van der Waals surface area contributed by atoms with Crippen LogP contribution in [0.4, 0.5) is 11.4 Å². The maximum absolute atomic E-state index is 15.2. The summed E-state index contributed by atoms with van der Waals surface area (Å²) >= 11 is 7.10. The molecule has 1 atom stereocenters. The van der Waals surface area contributed by atoms with Crippen molar-refractivity contribution in [3.63, 3.8) is 0 Å². The molecule has 0 aliphatic carbocycles. The average Bonchev–Trinajstić information content (AvgIpc) is 4.15. The largest absolute Gasteiger partial charge is 0.449 e. The highest BCUT2D eigenvalue weighted by Crippen LogP contribution is 2.35. The van der Waals surface area contributed by atoms with Gasteiger partial charge in [0.1, 0.15) is 11.5 Å². The fourth-order valence-corrected chi connectivity index (χ4v) is 11.7. The zero-order valence-electron chi connectivity index (χ0n) is 46.9. The quantitative estimate of drug-likeness (QED) is 0.0322. The van der Waals surface area contributed by atoms with E-state index in [1.165, 1.54) is 173 Å². The number of amides is 2. The van der Waals surface area contributed by atoms with Crippen LogP contribution in [0.15, 0.2) is 90.5 Å². The van der Waals surface area contributed by atoms with Crippen molar-refractivity contribution in [1.82, 2.24) is 0 Å². The Bertz CT molecular complexity index is 2300. The first-order valence-electron chi connectivity index (χ1n) is 30.4. The first-order chi connectivity index (χ1) is 36.3. The summed E-state index contributed by atoms with van der Waals surface area (Å²) in [7, 11) is 0. The molecule has 2 amide bonds. The molecule has 5 rings (SSSR count). The van der Waals surface area contributed by atoms with Crippen LogP contribution < -0.4 is 20.2 Å². The van der Waals surface area contributed by atoms with E-state index in [1.807, 2.05) is 34.1 Å². The van der Waals surface area contributed by atoms with Crippen LogP contribution in [0.25, 0.3) is 11.1 Å². The number of hydrogen-bond donors (Lipinski definition) is 0. The molecule has 0 N–H and O–H groups in total. The van der Waals surface area contributed by atoms with E-state index >= 15 is 9.59 Å². The van der Waals surface area contributed by atoms with Crippen molar-refractivity contribution >= 4 is 66.2 Å². The van der Waals surface area contributed by atoms with E-state index in [2.05, 4.69) is 102 Å². The van der Waals surface area contributed by atoms with Gasteiger partial charge in [-0.15, -0.1) is 0 Å². The molecule has 0 fully saturated rings. The standard InChI is InChI=1S/C66H98Br2N2O4/c1-5-9-13-17-21-25-27-31-35-39-43-53(41-37-33-29-23-19-15-11-7-3)51-69-57-49-56-58(50-55(57)63(65(69)71)59-45-47-61(67)73-59)70(66(72)64(56)60-46-48-62(68)74-60)52-54(42-38-34-30-24-20-16-12-8-4)44-40-36-32-28-26-22-18-14-10-6-2/h17,21,25,27,44-50,53H,5-16,18-20,22-24,26,28-43,51-52H2,1-4H3/b21-17-,27-25+,54-44+. The fraction of sp³-hybridized carbons (Fsp3) is 0.636. The van der Waals surface area contributed by atoms with Crippen molar-refractivity contribution < 1.29 is 18.4 Å². The molecule has 2 aliphatic rings. The Morgan fingerprint density at radius 2 is 0.892 bits per heavy atom. The molecule has 3 aromatic rings. The zero-order valence-corrected chi connectivity index (χ0v) is 50.0. The molecule has 6 nitrogen and oxygen atoms in total. The van der Waals surface area contributed by atoms with Gasteiger partial charge in [-0.25, -0.2) is 0 Å². The van der Waals surface area contributed by atoms with Crippen molar-refractivity contribution in [3.05, 3.63) is 104 Å². The SMILES string of the molecule is CCCC/C=C\C=C\CCCCC(CCCCCCCCCC)CN1C(=O)C(c2ccc(Br)o2)=c2cc3c(cc21)=C(c1ccc(Br)o1)C(=O)N3C/C(=C/CCCCCCCCCCC)CCCCCCCCCC. The smallest absolute Gasteiger partial charge is 0.263 e. The summed E-state index contributed by atoms with van der Waals surface area (Å²) in [6.07, 6.45) is 54.7. The van der Waals surface area contributed by atoms with E-state index in [-0.39, 0.29) is 11.8 Å². The Hall–Kier alpha value is -3.36. The molecule has 0 saturated carbocycles. The number of rotatable bonds is 43. The van der Waals surface area contributed by atoms with Crippen LogP contribution in [0.5, 0.6) is 0 Å². The Labute approximate surface area is 466 Å². The molecule has 0 spiro atoms. The monoisotopic (exact) mass is 1140 g/mol. The van der Waals surface area contributed by atoms with Crippen LogP contribution in [0.3, 0.4) is 0 Å². The summed E-state index contributed by atoms with van der Waals surface area (Å²) in [5, 5.41) is 1.66. The summed E-state index contributed by atoms with van der Waals surface area (Å²) < 4.78 is 13.6. The Balaban J connectivity index is 1.44. The van der Waals surface area contributed by atoms with Gasteiger partial charge < -0.3 is 18.6 Å². The molecule has 1 aromatic carbocycles. The van der Waals surface area contributed by atoms with Gasteiger partial charge in [-0.05, 0) is 132 Å². The van der Waals surface area contributed by atoms with Gasteiger partial charge in [0, 0.05) is 23.5 Å². The van der Waals surface area contributed by atoms with Gasteiger partial charge in [0.15, 0.2) is 9.34 Å². The minimum Gasteiger partial charge on any atom is -0.449 e. The number of carbonyl (C=O) groups is 2. The first kappa shape index (κ1) is 61.5. The number of carbonyl (C=O) groups excluding carboxylic acids is 2. The fourth-order valence-electron chi connectivity index (χ4n) is 11.1. The lowest BCUT2D eigenvalue weighted by Gasteiger charge is -2.26. The zero-order chi connectivity index (χ0) is 52.6. The Morgan fingerprint density at radius 3 is 1.38 bits per heavy atom. The molecule has 2 aromatic heterocycles. The summed E-state index contributed by atoms with van der Waals surface area (Å²) in [4.78, 5) is 34.3. The van der Waals surface area contributed by atoms with Crippen molar-refractivity contribution in [2.45, 2.75) is 252 Å². The predicted molar refractivity (Wildman–Crippen MR) is 322 cm³/mol. The molecule has 4 heterocycles. The van der Waals surface area contributed by atoms with Gasteiger partial charge in [-0.2, -0.15) is 0 Å². The van der Waals surface area contributed by atoms with Crippen molar-refractivity contribution in [3.8, 4) is 0 Å². The van der Waals surface area contributed by atoms with E-state index in [4.69, 9.17) is 8.83 Å². The van der Waals surface area contributed by atoms with Crippen LogP contribution in [0, 0.1) is 5.92 Å². The van der Waals surface area contributed by atoms with Crippen LogP contribution >= 0.6 is 31.9 Å². The molecule has 2 aliphatic heterocycles. The number of benzene rings is 1. The van der Waals surface area contributed by atoms with E-state index in [9.17, 15) is 0 Å². The molecule has 0 radical (unpaired) electrons. The van der Waals surface area contributed by atoms with Crippen LogP contribution in [-0.2, 0) is 9.59 Å². The van der Waals surface area contributed by atoms with Crippen LogP contribution in [0.1, 0.15) is 264 Å². The Kier molecular flexibility index (Phi) is 30.4. The lowest BCUT2D eigenvalue weighted by Crippen LogP contribution is -2.34. The summed E-state index contributed by atoms with van der Waals surface area (Å²) in [6.45, 7) is 10.2. The summed E-state index contributed by atoms with van der Waals surface area (Å²) in [5.74, 6) is 1.36. The van der Waals surface area contributed by atoms with Gasteiger partial charge >= 0.3 is 0 Å². The van der Waals surface area contributed by atoms with Crippen molar-refractivity contribution in [1.29, 1.82) is 0 Å². The molecule has 1 unspecified atom stereocenters. The van der Waals surface area contributed by atoms with Gasteiger partial charge in [-0.3, -0.25) is 9.59 Å². The van der Waals surface area contributed by atoms with E-state index in [0.717, 1.165) is 79.6 Å². The summed E-state index contributed by atoms with van der Waals surface area (Å²) in [5.41, 5.74) is 4.15. The molecule has 8 heteroatoms. The number of halogens is 2. The second kappa shape index (κ2) is 36.6. The van der Waals surface area contributed by atoms with Crippen molar-refractivity contribution in [2.75, 3.05) is 22.9 Å². The molecule has 74 heavy (non-hydrogen) atoms. The van der Waals surface area contributed by atoms with E-state index in [0.29, 0.717) is 51.0 Å². The van der Waals surface area contributed by atoms with Crippen LogP contribution in [-0.4, -0.2) is 24.9 Å². The lowest BCUT2D eigenvalue weighted by atomic mass is 9.93. The first-order valence-corrected chi connectivity index (χ1v) is 32.0. The summed E-state index contributed by atoms with van der Waals surface area (Å²) in [6, 6.07) is 11.8. The lowest BCUT2D eigenvalue weighted by molar-refractivity contribution is -0.114. The van der Waals surface area contributed by atoms with Crippen molar-refractivity contribution in [2.24, 2.45) is 5.92 Å². The molecule has 0 saturated heterocycles. The normalized spacial score (nSPS) is 14.3. The molecule has 410 valence electrons. The second-order valence-electron chi connectivity index (χ2n) is 21.8. The third kappa shape index (κ3) is 20.9. The van der Waals surface area contributed by atoms with E-state index in [1.54, 1.807) is 0 Å². The maximum atomic E-state index is 15.2. The highest BCUT2D eigenvalue weighted by molar-refractivity contribution is 9.10. The average molecular weight is 1140 g/mol.